The number of carbonyl (C=O) groups excluding carboxylic acids is 2. The number of amides is 1. The van der Waals surface area contributed by atoms with Crippen LogP contribution in [-0.4, -0.2) is 44.9 Å². The van der Waals surface area contributed by atoms with Crippen LogP contribution in [-0.2, 0) is 9.59 Å². The molecule has 0 aromatic carbocycles. The van der Waals surface area contributed by atoms with Crippen molar-refractivity contribution in [3.63, 3.8) is 0 Å². The third kappa shape index (κ3) is 11.7. The number of Topliss-reactive ketones (excluding diaryl/α,β-unsaturated/α-hetero) is 1. The predicted octanol–water partition coefficient (Wildman–Crippen LogP) is 1.87. The number of carbonyl (C=O) groups is 2. The summed E-state index contributed by atoms with van der Waals surface area (Å²) in [6.07, 6.45) is 6.76. The van der Waals surface area contributed by atoms with Gasteiger partial charge >= 0.3 is 0 Å². The van der Waals surface area contributed by atoms with Crippen LogP contribution in [0.25, 0.3) is 0 Å². The summed E-state index contributed by atoms with van der Waals surface area (Å²) in [6, 6.07) is -0.0894. The summed E-state index contributed by atoms with van der Waals surface area (Å²) in [7, 11) is 3.78. The van der Waals surface area contributed by atoms with E-state index in [2.05, 4.69) is 22.9 Å². The van der Waals surface area contributed by atoms with E-state index in [1.54, 1.807) is 6.92 Å². The summed E-state index contributed by atoms with van der Waals surface area (Å²) in [6.45, 7) is 5.48. The Labute approximate surface area is 136 Å². The number of nitrogens with one attached hydrogen (secondary N) is 3. The highest BCUT2D eigenvalue weighted by atomic mass is 16.2. The third-order valence-corrected chi connectivity index (χ3v) is 3.89. The third-order valence-electron chi connectivity index (χ3n) is 3.89. The lowest BCUT2D eigenvalue weighted by atomic mass is 9.99. The van der Waals surface area contributed by atoms with Crippen LogP contribution in [0, 0.1) is 5.92 Å². The minimum atomic E-state index is -0.0894. The van der Waals surface area contributed by atoms with Crippen LogP contribution in [0.15, 0.2) is 0 Å². The average Bonchev–Trinajstić information content (AvgIpc) is 2.46. The summed E-state index contributed by atoms with van der Waals surface area (Å²) in [4.78, 5) is 23.0. The molecule has 3 N–H and O–H groups in total. The molecular weight excluding hydrogens is 278 g/mol. The van der Waals surface area contributed by atoms with Crippen molar-refractivity contribution in [2.45, 2.75) is 64.8 Å². The molecule has 1 amide bonds. The van der Waals surface area contributed by atoms with Crippen LogP contribution in [0.2, 0.25) is 0 Å². The fourth-order valence-electron chi connectivity index (χ4n) is 2.60. The standard InChI is InChI=1S/C17H35N3O2/c1-14(13-15(2)21)9-5-8-12-20-17(22)16(19-4)10-6-7-11-18-3/h14,16,18-19H,5-13H2,1-4H3,(H,20,22). The van der Waals surface area contributed by atoms with E-state index in [9.17, 15) is 9.59 Å². The number of rotatable bonds is 14. The van der Waals surface area contributed by atoms with Gasteiger partial charge in [0.15, 0.2) is 0 Å². The van der Waals surface area contributed by atoms with Crippen molar-refractivity contribution in [2.75, 3.05) is 27.2 Å². The molecular formula is C17H35N3O2. The van der Waals surface area contributed by atoms with Gasteiger partial charge in [-0.25, -0.2) is 0 Å². The van der Waals surface area contributed by atoms with Crippen LogP contribution >= 0.6 is 0 Å². The summed E-state index contributed by atoms with van der Waals surface area (Å²) in [5, 5.41) is 9.21. The predicted molar refractivity (Wildman–Crippen MR) is 91.9 cm³/mol. The molecule has 0 aliphatic heterocycles. The van der Waals surface area contributed by atoms with Crippen molar-refractivity contribution in [1.29, 1.82) is 0 Å². The molecule has 0 saturated heterocycles. The zero-order valence-corrected chi connectivity index (χ0v) is 14.8. The molecule has 22 heavy (non-hydrogen) atoms. The Bertz CT molecular complexity index is 308. The monoisotopic (exact) mass is 313 g/mol. The second-order valence-electron chi connectivity index (χ2n) is 6.24. The van der Waals surface area contributed by atoms with E-state index in [0.717, 1.165) is 51.6 Å². The van der Waals surface area contributed by atoms with Gasteiger partial charge in [0, 0.05) is 13.0 Å². The minimum Gasteiger partial charge on any atom is -0.355 e. The van der Waals surface area contributed by atoms with Crippen molar-refractivity contribution in [3.8, 4) is 0 Å². The Hall–Kier alpha value is -0.940. The van der Waals surface area contributed by atoms with Gasteiger partial charge in [-0.2, -0.15) is 0 Å². The highest BCUT2D eigenvalue weighted by Gasteiger charge is 2.14. The molecule has 130 valence electrons. The molecule has 0 aliphatic carbocycles. The van der Waals surface area contributed by atoms with E-state index in [4.69, 9.17) is 0 Å². The summed E-state index contributed by atoms with van der Waals surface area (Å²) >= 11 is 0. The first-order valence-electron chi connectivity index (χ1n) is 8.60. The molecule has 0 aromatic heterocycles. The van der Waals surface area contributed by atoms with Gasteiger partial charge in [-0.05, 0) is 52.7 Å². The molecule has 5 nitrogen and oxygen atoms in total. The molecule has 0 bridgehead atoms. The Kier molecular flexibility index (Phi) is 13.1. The Balaban J connectivity index is 3.70. The lowest BCUT2D eigenvalue weighted by Crippen LogP contribution is -2.42. The van der Waals surface area contributed by atoms with E-state index in [-0.39, 0.29) is 17.7 Å². The fourth-order valence-corrected chi connectivity index (χ4v) is 2.60. The van der Waals surface area contributed by atoms with E-state index < -0.39 is 0 Å². The first-order chi connectivity index (χ1) is 10.5. The second-order valence-corrected chi connectivity index (χ2v) is 6.24. The van der Waals surface area contributed by atoms with Crippen molar-refractivity contribution in [3.05, 3.63) is 0 Å². The molecule has 0 rings (SSSR count). The number of ketones is 1. The van der Waals surface area contributed by atoms with Gasteiger partial charge in [0.05, 0.1) is 6.04 Å². The number of likely N-dealkylation sites (N-methyl/N-ethyl adjacent to an activating group) is 1. The summed E-state index contributed by atoms with van der Waals surface area (Å²) in [5.41, 5.74) is 0. The van der Waals surface area contributed by atoms with Gasteiger partial charge in [-0.3, -0.25) is 4.79 Å². The van der Waals surface area contributed by atoms with E-state index >= 15 is 0 Å². The molecule has 0 fully saturated rings. The topological polar surface area (TPSA) is 70.2 Å². The van der Waals surface area contributed by atoms with Gasteiger partial charge in [0.25, 0.3) is 0 Å². The zero-order chi connectivity index (χ0) is 16.8. The number of hydrogen-bond acceptors (Lipinski definition) is 4. The van der Waals surface area contributed by atoms with Gasteiger partial charge in [-0.15, -0.1) is 0 Å². The lowest BCUT2D eigenvalue weighted by molar-refractivity contribution is -0.123. The molecule has 0 heterocycles. The normalized spacial score (nSPS) is 13.6. The van der Waals surface area contributed by atoms with Crippen LogP contribution in [0.4, 0.5) is 0 Å². The minimum absolute atomic E-state index is 0.0894. The number of hydrogen-bond donors (Lipinski definition) is 3. The molecule has 2 unspecified atom stereocenters. The largest absolute Gasteiger partial charge is 0.355 e. The first kappa shape index (κ1) is 21.1. The summed E-state index contributed by atoms with van der Waals surface area (Å²) < 4.78 is 0. The maximum Gasteiger partial charge on any atom is 0.237 e. The van der Waals surface area contributed by atoms with Crippen LogP contribution in [0.1, 0.15) is 58.8 Å². The van der Waals surface area contributed by atoms with E-state index in [0.29, 0.717) is 12.3 Å². The number of unbranched alkanes of at least 4 members (excludes halogenated alkanes) is 2. The lowest BCUT2D eigenvalue weighted by Gasteiger charge is -2.16. The Morgan fingerprint density at radius 2 is 1.59 bits per heavy atom. The maximum absolute atomic E-state index is 12.0. The summed E-state index contributed by atoms with van der Waals surface area (Å²) in [5.74, 6) is 0.810. The Morgan fingerprint density at radius 3 is 2.18 bits per heavy atom. The van der Waals surface area contributed by atoms with Crippen molar-refractivity contribution >= 4 is 11.7 Å². The SMILES string of the molecule is CNCCCCC(NC)C(=O)NCCCCC(C)CC(C)=O. The first-order valence-corrected chi connectivity index (χ1v) is 8.60. The zero-order valence-electron chi connectivity index (χ0n) is 14.8. The van der Waals surface area contributed by atoms with E-state index in [1.165, 1.54) is 0 Å². The van der Waals surface area contributed by atoms with Crippen molar-refractivity contribution in [1.82, 2.24) is 16.0 Å². The Morgan fingerprint density at radius 1 is 0.955 bits per heavy atom. The molecule has 0 spiro atoms. The van der Waals surface area contributed by atoms with Gasteiger partial charge in [-0.1, -0.05) is 26.2 Å². The van der Waals surface area contributed by atoms with Gasteiger partial charge < -0.3 is 20.7 Å². The maximum atomic E-state index is 12.0. The van der Waals surface area contributed by atoms with Crippen LogP contribution in [0.5, 0.6) is 0 Å². The second kappa shape index (κ2) is 13.7. The van der Waals surface area contributed by atoms with Crippen molar-refractivity contribution < 1.29 is 9.59 Å². The molecule has 0 radical (unpaired) electrons. The molecule has 0 saturated carbocycles. The molecule has 0 aromatic rings. The van der Waals surface area contributed by atoms with Gasteiger partial charge in [0.2, 0.25) is 5.91 Å². The molecule has 0 aliphatic rings. The quantitative estimate of drug-likeness (QED) is 0.428. The van der Waals surface area contributed by atoms with Crippen molar-refractivity contribution in [2.24, 2.45) is 5.92 Å². The van der Waals surface area contributed by atoms with Gasteiger partial charge in [0.1, 0.15) is 5.78 Å². The van der Waals surface area contributed by atoms with Crippen LogP contribution < -0.4 is 16.0 Å². The highest BCUT2D eigenvalue weighted by Crippen LogP contribution is 2.11. The molecule has 2 atom stereocenters. The fraction of sp³-hybridized carbons (Fsp3) is 0.882. The molecule has 5 heteroatoms. The van der Waals surface area contributed by atoms with E-state index in [1.807, 2.05) is 14.1 Å². The smallest absolute Gasteiger partial charge is 0.237 e. The highest BCUT2D eigenvalue weighted by molar-refractivity contribution is 5.81. The van der Waals surface area contributed by atoms with Crippen LogP contribution in [0.3, 0.4) is 0 Å². The average molecular weight is 313 g/mol.